The van der Waals surface area contributed by atoms with Gasteiger partial charge in [-0.1, -0.05) is 17.7 Å². The maximum atomic E-state index is 12.5. The molecule has 3 rings (SSSR count). The van der Waals surface area contributed by atoms with Gasteiger partial charge in [0.25, 0.3) is 0 Å². The van der Waals surface area contributed by atoms with Crippen molar-refractivity contribution in [1.82, 2.24) is 4.90 Å². The highest BCUT2D eigenvalue weighted by atomic mass is 32.1. The van der Waals surface area contributed by atoms with Crippen molar-refractivity contribution in [3.05, 3.63) is 52.2 Å². The van der Waals surface area contributed by atoms with E-state index in [1.54, 1.807) is 11.3 Å². The molecule has 1 aliphatic heterocycles. The van der Waals surface area contributed by atoms with E-state index in [2.05, 4.69) is 48.4 Å². The molecule has 0 spiro atoms. The second-order valence-corrected chi connectivity index (χ2v) is 6.81. The third-order valence-corrected chi connectivity index (χ3v) is 5.01. The zero-order valence-electron chi connectivity index (χ0n) is 13.2. The van der Waals surface area contributed by atoms with E-state index in [-0.39, 0.29) is 11.9 Å². The van der Waals surface area contributed by atoms with Crippen LogP contribution in [-0.4, -0.2) is 36.5 Å². The van der Waals surface area contributed by atoms with Crippen LogP contribution in [-0.2, 0) is 11.2 Å². The zero-order chi connectivity index (χ0) is 15.5. The Labute approximate surface area is 136 Å². The van der Waals surface area contributed by atoms with Crippen molar-refractivity contribution in [2.75, 3.05) is 24.5 Å². The molecule has 0 N–H and O–H groups in total. The van der Waals surface area contributed by atoms with Gasteiger partial charge in [0.05, 0.1) is 6.42 Å². The van der Waals surface area contributed by atoms with Crippen molar-refractivity contribution >= 4 is 22.9 Å². The number of hydrogen-bond donors (Lipinski definition) is 0. The van der Waals surface area contributed by atoms with Crippen LogP contribution in [0.4, 0.5) is 5.69 Å². The molecule has 0 aliphatic carbocycles. The van der Waals surface area contributed by atoms with Gasteiger partial charge in [-0.2, -0.15) is 11.3 Å². The molecule has 1 saturated heterocycles. The number of anilines is 1. The highest BCUT2D eigenvalue weighted by Gasteiger charge is 2.27. The number of thiophene rings is 1. The van der Waals surface area contributed by atoms with Gasteiger partial charge in [-0.05, 0) is 48.4 Å². The van der Waals surface area contributed by atoms with Crippen LogP contribution in [0.25, 0.3) is 0 Å². The summed E-state index contributed by atoms with van der Waals surface area (Å²) >= 11 is 1.65. The summed E-state index contributed by atoms with van der Waals surface area (Å²) in [5, 5.41) is 4.09. The molecule has 0 bridgehead atoms. The number of carbonyl (C=O) groups excluding carboxylic acids is 1. The SMILES string of the molecule is Cc1ccc(N2CCN(C(=O)Cc3ccsc3)[C@H](C)C2)cc1. The van der Waals surface area contributed by atoms with Crippen LogP contribution < -0.4 is 4.90 Å². The molecule has 116 valence electrons. The summed E-state index contributed by atoms with van der Waals surface area (Å²) in [6.07, 6.45) is 0.526. The molecule has 1 aromatic carbocycles. The van der Waals surface area contributed by atoms with Crippen LogP contribution >= 0.6 is 11.3 Å². The van der Waals surface area contributed by atoms with Gasteiger partial charge in [-0.25, -0.2) is 0 Å². The molecular formula is C18H22N2OS. The number of amides is 1. The smallest absolute Gasteiger partial charge is 0.227 e. The average Bonchev–Trinajstić information content (AvgIpc) is 3.00. The maximum absolute atomic E-state index is 12.5. The molecule has 2 heterocycles. The fourth-order valence-corrected chi connectivity index (χ4v) is 3.66. The Morgan fingerprint density at radius 2 is 2.00 bits per heavy atom. The van der Waals surface area contributed by atoms with Crippen molar-refractivity contribution in [1.29, 1.82) is 0 Å². The first-order valence-electron chi connectivity index (χ1n) is 7.75. The second-order valence-electron chi connectivity index (χ2n) is 6.03. The van der Waals surface area contributed by atoms with Crippen LogP contribution in [0.1, 0.15) is 18.1 Å². The topological polar surface area (TPSA) is 23.6 Å². The molecule has 0 unspecified atom stereocenters. The standard InChI is InChI=1S/C18H22N2OS/c1-14-3-5-17(6-4-14)19-8-9-20(15(2)12-19)18(21)11-16-7-10-22-13-16/h3-7,10,13,15H,8-9,11-12H2,1-2H3/t15-/m1/s1. The fourth-order valence-electron chi connectivity index (χ4n) is 2.99. The van der Waals surface area contributed by atoms with E-state index in [0.717, 1.165) is 25.2 Å². The van der Waals surface area contributed by atoms with Crippen molar-refractivity contribution in [3.63, 3.8) is 0 Å². The van der Waals surface area contributed by atoms with E-state index in [1.807, 2.05) is 16.3 Å². The van der Waals surface area contributed by atoms with Gasteiger partial charge in [-0.3, -0.25) is 4.79 Å². The largest absolute Gasteiger partial charge is 0.368 e. The van der Waals surface area contributed by atoms with Crippen LogP contribution in [0.15, 0.2) is 41.1 Å². The van der Waals surface area contributed by atoms with Crippen LogP contribution in [0.5, 0.6) is 0 Å². The lowest BCUT2D eigenvalue weighted by Crippen LogP contribution is -2.54. The van der Waals surface area contributed by atoms with Crippen LogP contribution in [0.3, 0.4) is 0 Å². The molecule has 1 aliphatic rings. The third-order valence-electron chi connectivity index (χ3n) is 4.28. The maximum Gasteiger partial charge on any atom is 0.227 e. The molecule has 3 nitrogen and oxygen atoms in total. The first kappa shape index (κ1) is 15.1. The fraction of sp³-hybridized carbons (Fsp3) is 0.389. The Bertz CT molecular complexity index is 621. The van der Waals surface area contributed by atoms with Gasteiger partial charge in [-0.15, -0.1) is 0 Å². The van der Waals surface area contributed by atoms with E-state index >= 15 is 0 Å². The van der Waals surface area contributed by atoms with E-state index in [1.165, 1.54) is 11.3 Å². The van der Waals surface area contributed by atoms with E-state index < -0.39 is 0 Å². The Morgan fingerprint density at radius 3 is 2.64 bits per heavy atom. The molecule has 1 atom stereocenters. The molecule has 0 radical (unpaired) electrons. The predicted octanol–water partition coefficient (Wildman–Crippen LogP) is 3.34. The number of piperazine rings is 1. The summed E-state index contributed by atoms with van der Waals surface area (Å²) in [6, 6.07) is 10.9. The third kappa shape index (κ3) is 3.33. The lowest BCUT2D eigenvalue weighted by molar-refractivity contribution is -0.132. The Morgan fingerprint density at radius 1 is 1.23 bits per heavy atom. The summed E-state index contributed by atoms with van der Waals surface area (Å²) in [7, 11) is 0. The Hall–Kier alpha value is -1.81. The molecule has 1 aromatic heterocycles. The van der Waals surface area contributed by atoms with Gasteiger partial charge in [0, 0.05) is 31.4 Å². The molecular weight excluding hydrogens is 292 g/mol. The first-order valence-corrected chi connectivity index (χ1v) is 8.70. The molecule has 22 heavy (non-hydrogen) atoms. The number of carbonyl (C=O) groups is 1. The van der Waals surface area contributed by atoms with Crippen molar-refractivity contribution < 1.29 is 4.79 Å². The number of nitrogens with zero attached hydrogens (tertiary/aromatic N) is 2. The Kier molecular flexibility index (Phi) is 4.48. The molecule has 4 heteroatoms. The Balaban J connectivity index is 1.62. The van der Waals surface area contributed by atoms with Crippen LogP contribution in [0, 0.1) is 6.92 Å². The van der Waals surface area contributed by atoms with Crippen molar-refractivity contribution in [2.45, 2.75) is 26.3 Å². The van der Waals surface area contributed by atoms with Crippen molar-refractivity contribution in [3.8, 4) is 0 Å². The van der Waals surface area contributed by atoms with E-state index in [4.69, 9.17) is 0 Å². The summed E-state index contributed by atoms with van der Waals surface area (Å²) in [6.45, 7) is 6.86. The van der Waals surface area contributed by atoms with Crippen molar-refractivity contribution in [2.24, 2.45) is 0 Å². The number of benzene rings is 1. The second kappa shape index (κ2) is 6.53. The minimum Gasteiger partial charge on any atom is -0.368 e. The quantitative estimate of drug-likeness (QED) is 0.867. The molecule has 0 saturated carbocycles. The molecule has 1 amide bonds. The van der Waals surface area contributed by atoms with Gasteiger partial charge in [0.15, 0.2) is 0 Å². The summed E-state index contributed by atoms with van der Waals surface area (Å²) in [4.78, 5) is 16.9. The minimum atomic E-state index is 0.245. The number of aryl methyl sites for hydroxylation is 1. The zero-order valence-corrected chi connectivity index (χ0v) is 14.0. The van der Waals surface area contributed by atoms with Gasteiger partial charge < -0.3 is 9.80 Å². The highest BCUT2D eigenvalue weighted by molar-refractivity contribution is 7.08. The summed E-state index contributed by atoms with van der Waals surface area (Å²) in [5.74, 6) is 0.245. The number of rotatable bonds is 3. The predicted molar refractivity (Wildman–Crippen MR) is 92.6 cm³/mol. The first-order chi connectivity index (χ1) is 10.6. The summed E-state index contributed by atoms with van der Waals surface area (Å²) < 4.78 is 0. The summed E-state index contributed by atoms with van der Waals surface area (Å²) in [5.41, 5.74) is 3.66. The van der Waals surface area contributed by atoms with Gasteiger partial charge in [0.1, 0.15) is 0 Å². The average molecular weight is 314 g/mol. The monoisotopic (exact) mass is 314 g/mol. The van der Waals surface area contributed by atoms with E-state index in [0.29, 0.717) is 6.42 Å². The minimum absolute atomic E-state index is 0.245. The molecule has 2 aromatic rings. The van der Waals surface area contributed by atoms with E-state index in [9.17, 15) is 4.79 Å². The number of hydrogen-bond acceptors (Lipinski definition) is 3. The highest BCUT2D eigenvalue weighted by Crippen LogP contribution is 2.20. The normalized spacial score (nSPS) is 18.5. The lowest BCUT2D eigenvalue weighted by Gasteiger charge is -2.41. The molecule has 1 fully saturated rings. The van der Waals surface area contributed by atoms with Gasteiger partial charge >= 0.3 is 0 Å². The lowest BCUT2D eigenvalue weighted by atomic mass is 10.1. The van der Waals surface area contributed by atoms with Crippen LogP contribution in [0.2, 0.25) is 0 Å². The van der Waals surface area contributed by atoms with Gasteiger partial charge in [0.2, 0.25) is 5.91 Å².